The number of hydrogen-bond donors (Lipinski definition) is 2. The molecule has 2 rings (SSSR count). The second-order valence-electron chi connectivity index (χ2n) is 7.81. The second-order valence-corrected chi connectivity index (χ2v) is 7.81. The first kappa shape index (κ1) is 25.1. The number of nitrogens with one attached hydrogen (secondary N) is 1. The van der Waals surface area contributed by atoms with Crippen molar-refractivity contribution in [3.05, 3.63) is 70.3 Å². The van der Waals surface area contributed by atoms with E-state index < -0.39 is 23.2 Å². The van der Waals surface area contributed by atoms with Gasteiger partial charge in [0.15, 0.2) is 0 Å². The molecule has 32 heavy (non-hydrogen) atoms. The number of carbonyl (C=O) groups excluding carboxylic acids is 1. The van der Waals surface area contributed by atoms with Crippen LogP contribution in [0.25, 0.3) is 0 Å². The highest BCUT2D eigenvalue weighted by Crippen LogP contribution is 2.19. The van der Waals surface area contributed by atoms with Crippen molar-refractivity contribution in [2.45, 2.75) is 39.3 Å². The number of benzene rings is 2. The fourth-order valence-corrected chi connectivity index (χ4v) is 3.15. The zero-order chi connectivity index (χ0) is 23.5. The highest BCUT2D eigenvalue weighted by molar-refractivity contribution is 5.67. The third kappa shape index (κ3) is 8.52. The first-order valence-electron chi connectivity index (χ1n) is 10.6. The van der Waals surface area contributed by atoms with Crippen LogP contribution in [0, 0.1) is 16.0 Å². The van der Waals surface area contributed by atoms with Crippen LogP contribution in [0.3, 0.4) is 0 Å². The molecule has 0 heterocycles. The smallest absolute Gasteiger partial charge is 0.407 e. The Hall–Kier alpha value is -3.17. The van der Waals surface area contributed by atoms with Crippen LogP contribution in [0.2, 0.25) is 0 Å². The predicted molar refractivity (Wildman–Crippen MR) is 120 cm³/mol. The lowest BCUT2D eigenvalue weighted by Crippen LogP contribution is -2.50. The zero-order valence-corrected chi connectivity index (χ0v) is 18.6. The molecule has 0 aliphatic rings. The molecule has 0 saturated heterocycles. The van der Waals surface area contributed by atoms with Crippen LogP contribution in [0.5, 0.6) is 5.75 Å². The number of nitro benzene ring substituents is 1. The average molecular weight is 446 g/mol. The lowest BCUT2D eigenvalue weighted by atomic mass is 10.0. The third-order valence-electron chi connectivity index (χ3n) is 4.58. The number of aliphatic hydroxyl groups excluding tert-OH is 1. The lowest BCUT2D eigenvalue weighted by molar-refractivity contribution is -0.384. The number of nitro groups is 1. The van der Waals surface area contributed by atoms with Crippen molar-refractivity contribution < 1.29 is 24.4 Å². The van der Waals surface area contributed by atoms with Gasteiger partial charge in [0.05, 0.1) is 30.2 Å². The molecule has 0 aliphatic heterocycles. The molecule has 9 nitrogen and oxygen atoms in total. The van der Waals surface area contributed by atoms with E-state index in [2.05, 4.69) is 5.32 Å². The van der Waals surface area contributed by atoms with Gasteiger partial charge in [0.2, 0.25) is 0 Å². The monoisotopic (exact) mass is 445 g/mol. The molecule has 2 aromatic carbocycles. The Labute approximate surface area is 188 Å². The number of aliphatic hydroxyl groups is 1. The molecular formula is C23H31N3O6. The number of ether oxygens (including phenoxy) is 1. The molecule has 2 unspecified atom stereocenters. The number of non-ortho nitro benzene ring substituents is 1. The van der Waals surface area contributed by atoms with Gasteiger partial charge in [-0.1, -0.05) is 44.2 Å². The SMILES string of the molecule is CCOC(=O)NC(Cc1ccccc1)C(O)CN(CC(C)C)Oc1ccc([N+](=O)[O-])cc1. The Morgan fingerprint density at radius 2 is 1.78 bits per heavy atom. The van der Waals surface area contributed by atoms with Gasteiger partial charge in [0, 0.05) is 18.7 Å². The zero-order valence-electron chi connectivity index (χ0n) is 18.6. The normalized spacial score (nSPS) is 12.9. The summed E-state index contributed by atoms with van der Waals surface area (Å²) in [5.41, 5.74) is 0.925. The number of rotatable bonds is 12. The molecule has 2 N–H and O–H groups in total. The summed E-state index contributed by atoms with van der Waals surface area (Å²) in [7, 11) is 0. The van der Waals surface area contributed by atoms with Crippen LogP contribution >= 0.6 is 0 Å². The number of hydroxylamine groups is 2. The van der Waals surface area contributed by atoms with Crippen LogP contribution in [-0.4, -0.2) is 53.0 Å². The van der Waals surface area contributed by atoms with E-state index in [9.17, 15) is 20.0 Å². The summed E-state index contributed by atoms with van der Waals surface area (Å²) in [5.74, 6) is 0.646. The quantitative estimate of drug-likeness (QED) is 0.379. The molecule has 1 amide bonds. The molecule has 0 aromatic heterocycles. The highest BCUT2D eigenvalue weighted by atomic mass is 16.7. The van der Waals surface area contributed by atoms with Gasteiger partial charge in [0.1, 0.15) is 5.75 Å². The highest BCUT2D eigenvalue weighted by Gasteiger charge is 2.26. The number of hydrogen-bond acceptors (Lipinski definition) is 7. The lowest BCUT2D eigenvalue weighted by Gasteiger charge is -2.30. The maximum atomic E-state index is 12.0. The van der Waals surface area contributed by atoms with Crippen molar-refractivity contribution in [2.75, 3.05) is 19.7 Å². The fraction of sp³-hybridized carbons (Fsp3) is 0.435. The molecule has 0 aliphatic carbocycles. The van der Waals surface area contributed by atoms with Gasteiger partial charge in [-0.15, -0.1) is 5.06 Å². The molecule has 2 aromatic rings. The summed E-state index contributed by atoms with van der Waals surface area (Å²) < 4.78 is 4.99. The van der Waals surface area contributed by atoms with Crippen LogP contribution in [0.1, 0.15) is 26.3 Å². The molecular weight excluding hydrogens is 414 g/mol. The van der Waals surface area contributed by atoms with E-state index in [1.54, 1.807) is 12.0 Å². The Morgan fingerprint density at radius 3 is 2.34 bits per heavy atom. The first-order chi connectivity index (χ1) is 15.3. The van der Waals surface area contributed by atoms with Crippen molar-refractivity contribution >= 4 is 11.8 Å². The Morgan fingerprint density at radius 1 is 1.12 bits per heavy atom. The van der Waals surface area contributed by atoms with Crippen LogP contribution in [-0.2, 0) is 11.2 Å². The van der Waals surface area contributed by atoms with Gasteiger partial charge >= 0.3 is 6.09 Å². The maximum Gasteiger partial charge on any atom is 0.407 e. The van der Waals surface area contributed by atoms with Crippen molar-refractivity contribution in [2.24, 2.45) is 5.92 Å². The minimum Gasteiger partial charge on any atom is -0.450 e. The Kier molecular flexibility index (Phi) is 9.90. The summed E-state index contributed by atoms with van der Waals surface area (Å²) in [4.78, 5) is 28.3. The molecule has 0 spiro atoms. The van der Waals surface area contributed by atoms with Crippen molar-refractivity contribution in [3.8, 4) is 5.75 Å². The minimum absolute atomic E-state index is 0.0330. The summed E-state index contributed by atoms with van der Waals surface area (Å²) in [6.45, 7) is 6.58. The maximum absolute atomic E-state index is 12.0. The van der Waals surface area contributed by atoms with Gasteiger partial charge < -0.3 is 20.0 Å². The van der Waals surface area contributed by atoms with Gasteiger partial charge in [0.25, 0.3) is 5.69 Å². The largest absolute Gasteiger partial charge is 0.450 e. The van der Waals surface area contributed by atoms with E-state index >= 15 is 0 Å². The van der Waals surface area contributed by atoms with E-state index in [0.29, 0.717) is 18.7 Å². The molecule has 174 valence electrons. The average Bonchev–Trinajstić information content (AvgIpc) is 2.74. The van der Waals surface area contributed by atoms with Crippen LogP contribution < -0.4 is 10.2 Å². The summed E-state index contributed by atoms with van der Waals surface area (Å²) in [6.07, 6.45) is -1.15. The van der Waals surface area contributed by atoms with Crippen LogP contribution in [0.4, 0.5) is 10.5 Å². The van der Waals surface area contributed by atoms with E-state index in [1.165, 1.54) is 24.3 Å². The predicted octanol–water partition coefficient (Wildman–Crippen LogP) is 3.56. The van der Waals surface area contributed by atoms with Crippen molar-refractivity contribution in [1.82, 2.24) is 10.4 Å². The standard InChI is InChI=1S/C23H31N3O6/c1-4-31-23(28)24-21(14-18-8-6-5-7-9-18)22(27)16-25(15-17(2)3)32-20-12-10-19(11-13-20)26(29)30/h5-13,17,21-22,27H,4,14-16H2,1-3H3,(H,24,28). The topological polar surface area (TPSA) is 114 Å². The van der Waals surface area contributed by atoms with E-state index in [-0.39, 0.29) is 24.8 Å². The van der Waals surface area contributed by atoms with Crippen LogP contribution in [0.15, 0.2) is 54.6 Å². The van der Waals surface area contributed by atoms with E-state index in [4.69, 9.17) is 9.57 Å². The number of amides is 1. The Bertz CT molecular complexity index is 845. The molecule has 0 bridgehead atoms. The molecule has 9 heteroatoms. The molecule has 0 radical (unpaired) electrons. The van der Waals surface area contributed by atoms with Gasteiger partial charge in [-0.3, -0.25) is 10.1 Å². The van der Waals surface area contributed by atoms with E-state index in [1.807, 2.05) is 44.2 Å². The molecule has 0 fully saturated rings. The minimum atomic E-state index is -0.962. The summed E-state index contributed by atoms with van der Waals surface area (Å²) in [6, 6.07) is 14.7. The van der Waals surface area contributed by atoms with Gasteiger partial charge in [-0.2, -0.15) is 0 Å². The third-order valence-corrected chi connectivity index (χ3v) is 4.58. The first-order valence-corrected chi connectivity index (χ1v) is 10.6. The van der Waals surface area contributed by atoms with E-state index in [0.717, 1.165) is 5.56 Å². The second kappa shape index (κ2) is 12.6. The molecule has 2 atom stereocenters. The Balaban J connectivity index is 2.13. The number of alkyl carbamates (subject to hydrolysis) is 1. The van der Waals surface area contributed by atoms with Crippen molar-refractivity contribution in [3.63, 3.8) is 0 Å². The number of nitrogens with zero attached hydrogens (tertiary/aromatic N) is 2. The fourth-order valence-electron chi connectivity index (χ4n) is 3.15. The van der Waals surface area contributed by atoms with Crippen molar-refractivity contribution in [1.29, 1.82) is 0 Å². The van der Waals surface area contributed by atoms with Gasteiger partial charge in [-0.05, 0) is 37.0 Å². The molecule has 0 saturated carbocycles. The summed E-state index contributed by atoms with van der Waals surface area (Å²) in [5, 5.41) is 26.2. The summed E-state index contributed by atoms with van der Waals surface area (Å²) >= 11 is 0. The van der Waals surface area contributed by atoms with Gasteiger partial charge in [-0.25, -0.2) is 4.79 Å². The number of carbonyl (C=O) groups is 1.